The van der Waals surface area contributed by atoms with E-state index in [2.05, 4.69) is 10.4 Å². The van der Waals surface area contributed by atoms with Crippen molar-refractivity contribution in [2.24, 2.45) is 0 Å². The van der Waals surface area contributed by atoms with Gasteiger partial charge in [0.1, 0.15) is 5.69 Å². The molecule has 0 radical (unpaired) electrons. The molecule has 0 spiro atoms. The molecule has 1 aliphatic rings. The van der Waals surface area contributed by atoms with Gasteiger partial charge in [-0.15, -0.1) is 0 Å². The van der Waals surface area contributed by atoms with Gasteiger partial charge in [0.15, 0.2) is 0 Å². The van der Waals surface area contributed by atoms with Crippen molar-refractivity contribution in [2.45, 2.75) is 19.9 Å². The van der Waals surface area contributed by atoms with Gasteiger partial charge in [0.05, 0.1) is 0 Å². The molecule has 2 aromatic rings. The molecule has 0 amide bonds. The standard InChI is InChI=1S/C14H15N3O/c1-2-17-13(6-8-16-17)14(18)11-4-3-10-5-7-15-12(10)9-11/h3-4,6,8-9,15H,2,5,7H2,1H3. The Bertz CT molecular complexity index is 601. The summed E-state index contributed by atoms with van der Waals surface area (Å²) in [5.74, 6) is 0.0332. The predicted octanol–water partition coefficient (Wildman–Crippen LogP) is 2.10. The van der Waals surface area contributed by atoms with Crippen molar-refractivity contribution < 1.29 is 4.79 Å². The number of benzene rings is 1. The summed E-state index contributed by atoms with van der Waals surface area (Å²) in [6.07, 6.45) is 2.71. The smallest absolute Gasteiger partial charge is 0.211 e. The SMILES string of the molecule is CCn1nccc1C(=O)c1ccc2c(c1)NCC2. The zero-order valence-corrected chi connectivity index (χ0v) is 10.3. The third-order valence-corrected chi connectivity index (χ3v) is 3.33. The van der Waals surface area contributed by atoms with E-state index < -0.39 is 0 Å². The normalized spacial score (nSPS) is 13.2. The Labute approximate surface area is 106 Å². The molecular weight excluding hydrogens is 226 g/mol. The molecule has 0 unspecified atom stereocenters. The van der Waals surface area contributed by atoms with E-state index >= 15 is 0 Å². The number of rotatable bonds is 3. The Morgan fingerprint density at radius 1 is 1.44 bits per heavy atom. The molecule has 1 aromatic heterocycles. The van der Waals surface area contributed by atoms with E-state index in [-0.39, 0.29) is 5.78 Å². The van der Waals surface area contributed by atoms with Crippen molar-refractivity contribution in [1.82, 2.24) is 9.78 Å². The lowest BCUT2D eigenvalue weighted by Crippen LogP contribution is -2.10. The molecule has 2 heterocycles. The Balaban J connectivity index is 1.98. The molecule has 4 nitrogen and oxygen atoms in total. The Morgan fingerprint density at radius 3 is 3.17 bits per heavy atom. The summed E-state index contributed by atoms with van der Waals surface area (Å²) in [5, 5.41) is 7.43. The molecule has 1 aromatic carbocycles. The first-order valence-corrected chi connectivity index (χ1v) is 6.23. The number of aromatic nitrogens is 2. The minimum Gasteiger partial charge on any atom is -0.384 e. The van der Waals surface area contributed by atoms with Crippen molar-refractivity contribution in [2.75, 3.05) is 11.9 Å². The molecular formula is C14H15N3O. The van der Waals surface area contributed by atoms with Crippen molar-refractivity contribution >= 4 is 11.5 Å². The molecule has 1 N–H and O–H groups in total. The minimum atomic E-state index is 0.0332. The molecule has 3 rings (SSSR count). The third-order valence-electron chi connectivity index (χ3n) is 3.33. The molecule has 4 heteroatoms. The van der Waals surface area contributed by atoms with Crippen LogP contribution in [0.1, 0.15) is 28.5 Å². The molecule has 0 fully saturated rings. The van der Waals surface area contributed by atoms with E-state index in [1.54, 1.807) is 16.9 Å². The maximum atomic E-state index is 12.4. The number of hydrogen-bond acceptors (Lipinski definition) is 3. The summed E-state index contributed by atoms with van der Waals surface area (Å²) >= 11 is 0. The van der Waals surface area contributed by atoms with Crippen LogP contribution in [0.5, 0.6) is 0 Å². The van der Waals surface area contributed by atoms with E-state index in [1.165, 1.54) is 5.56 Å². The van der Waals surface area contributed by atoms with Crippen LogP contribution in [0, 0.1) is 0 Å². The fourth-order valence-corrected chi connectivity index (χ4v) is 2.36. The molecule has 0 bridgehead atoms. The third kappa shape index (κ3) is 1.70. The van der Waals surface area contributed by atoms with E-state index in [4.69, 9.17) is 0 Å². The van der Waals surface area contributed by atoms with Gasteiger partial charge in [-0.05, 0) is 31.0 Å². The quantitative estimate of drug-likeness (QED) is 0.837. The Morgan fingerprint density at radius 2 is 2.33 bits per heavy atom. The van der Waals surface area contributed by atoms with Crippen LogP contribution in [0.2, 0.25) is 0 Å². The van der Waals surface area contributed by atoms with Crippen LogP contribution in [0.4, 0.5) is 5.69 Å². The molecule has 92 valence electrons. The fourth-order valence-electron chi connectivity index (χ4n) is 2.36. The highest BCUT2D eigenvalue weighted by molar-refractivity contribution is 6.08. The first-order chi connectivity index (χ1) is 8.79. The topological polar surface area (TPSA) is 46.9 Å². The summed E-state index contributed by atoms with van der Waals surface area (Å²) in [6.45, 7) is 3.64. The zero-order chi connectivity index (χ0) is 12.5. The summed E-state index contributed by atoms with van der Waals surface area (Å²) in [7, 11) is 0. The Kier molecular flexibility index (Phi) is 2.63. The number of carbonyl (C=O) groups excluding carboxylic acids is 1. The summed E-state index contributed by atoms with van der Waals surface area (Å²) in [6, 6.07) is 7.65. The van der Waals surface area contributed by atoms with Gasteiger partial charge in [-0.1, -0.05) is 12.1 Å². The second kappa shape index (κ2) is 4.29. The molecule has 0 saturated heterocycles. The molecule has 0 aliphatic carbocycles. The van der Waals surface area contributed by atoms with E-state index in [9.17, 15) is 4.79 Å². The second-order valence-corrected chi connectivity index (χ2v) is 4.41. The summed E-state index contributed by atoms with van der Waals surface area (Å²) in [5.41, 5.74) is 3.74. The van der Waals surface area contributed by atoms with Crippen molar-refractivity contribution in [3.63, 3.8) is 0 Å². The maximum Gasteiger partial charge on any atom is 0.211 e. The zero-order valence-electron chi connectivity index (χ0n) is 10.3. The van der Waals surface area contributed by atoms with Crippen molar-refractivity contribution in [3.05, 3.63) is 47.3 Å². The van der Waals surface area contributed by atoms with Gasteiger partial charge in [0.25, 0.3) is 0 Å². The van der Waals surface area contributed by atoms with E-state index in [0.717, 1.165) is 24.2 Å². The molecule has 0 saturated carbocycles. The fraction of sp³-hybridized carbons (Fsp3) is 0.286. The average Bonchev–Trinajstić information content (AvgIpc) is 3.05. The molecule has 18 heavy (non-hydrogen) atoms. The van der Waals surface area contributed by atoms with Crippen LogP contribution in [0.15, 0.2) is 30.5 Å². The number of anilines is 1. The molecule has 1 aliphatic heterocycles. The number of nitrogens with zero attached hydrogens (tertiary/aromatic N) is 2. The lowest BCUT2D eigenvalue weighted by Gasteiger charge is -2.06. The highest BCUT2D eigenvalue weighted by atomic mass is 16.1. The number of nitrogens with one attached hydrogen (secondary N) is 1. The lowest BCUT2D eigenvalue weighted by molar-refractivity contribution is 0.102. The number of carbonyl (C=O) groups is 1. The highest BCUT2D eigenvalue weighted by Crippen LogP contribution is 2.24. The van der Waals surface area contributed by atoms with Gasteiger partial charge < -0.3 is 5.32 Å². The summed E-state index contributed by atoms with van der Waals surface area (Å²) < 4.78 is 1.73. The number of aryl methyl sites for hydroxylation is 1. The van der Waals surface area contributed by atoms with Crippen LogP contribution < -0.4 is 5.32 Å². The van der Waals surface area contributed by atoms with Gasteiger partial charge in [-0.3, -0.25) is 9.48 Å². The molecule has 0 atom stereocenters. The van der Waals surface area contributed by atoms with Gasteiger partial charge >= 0.3 is 0 Å². The summed E-state index contributed by atoms with van der Waals surface area (Å²) in [4.78, 5) is 12.4. The average molecular weight is 241 g/mol. The number of hydrogen-bond donors (Lipinski definition) is 1. The predicted molar refractivity (Wildman–Crippen MR) is 70.0 cm³/mol. The first kappa shape index (κ1) is 11.0. The van der Waals surface area contributed by atoms with Crippen LogP contribution in [0.3, 0.4) is 0 Å². The number of fused-ring (bicyclic) bond motifs is 1. The van der Waals surface area contributed by atoms with Crippen LogP contribution in [0.25, 0.3) is 0 Å². The van der Waals surface area contributed by atoms with Crippen molar-refractivity contribution in [1.29, 1.82) is 0 Å². The van der Waals surface area contributed by atoms with Crippen LogP contribution in [-0.2, 0) is 13.0 Å². The number of ketones is 1. The second-order valence-electron chi connectivity index (χ2n) is 4.41. The van der Waals surface area contributed by atoms with Crippen LogP contribution >= 0.6 is 0 Å². The van der Waals surface area contributed by atoms with Crippen molar-refractivity contribution in [3.8, 4) is 0 Å². The van der Waals surface area contributed by atoms with Gasteiger partial charge in [0, 0.05) is 30.5 Å². The maximum absolute atomic E-state index is 12.4. The lowest BCUT2D eigenvalue weighted by atomic mass is 10.0. The Hall–Kier alpha value is -2.10. The first-order valence-electron chi connectivity index (χ1n) is 6.23. The minimum absolute atomic E-state index is 0.0332. The largest absolute Gasteiger partial charge is 0.384 e. The van der Waals surface area contributed by atoms with Gasteiger partial charge in [0.2, 0.25) is 5.78 Å². The van der Waals surface area contributed by atoms with Crippen LogP contribution in [-0.4, -0.2) is 22.1 Å². The highest BCUT2D eigenvalue weighted by Gasteiger charge is 2.17. The van der Waals surface area contributed by atoms with Gasteiger partial charge in [-0.2, -0.15) is 5.10 Å². The van der Waals surface area contributed by atoms with E-state index in [0.29, 0.717) is 12.2 Å². The monoisotopic (exact) mass is 241 g/mol. The van der Waals surface area contributed by atoms with E-state index in [1.807, 2.05) is 25.1 Å². The van der Waals surface area contributed by atoms with Gasteiger partial charge in [-0.25, -0.2) is 0 Å².